The summed E-state index contributed by atoms with van der Waals surface area (Å²) in [6.07, 6.45) is 15.0. The highest BCUT2D eigenvalue weighted by Gasteiger charge is 2.44. The molecule has 7 heteroatoms. The summed E-state index contributed by atoms with van der Waals surface area (Å²) < 4.78 is 6.01. The number of urea groups is 1. The summed E-state index contributed by atoms with van der Waals surface area (Å²) in [6, 6.07) is -0.318. The summed E-state index contributed by atoms with van der Waals surface area (Å²) in [4.78, 5) is 35.4. The number of carbonyl (C=O) groups is 2. The van der Waals surface area contributed by atoms with E-state index < -0.39 is 0 Å². The number of hydrogen-bond donors (Lipinski definition) is 0. The molecule has 0 aromatic rings. The highest BCUT2D eigenvalue weighted by atomic mass is 16.5. The number of carbonyl (C=O) groups excluding carboxylic acids is 2. The lowest BCUT2D eigenvalue weighted by Gasteiger charge is -2.30. The van der Waals surface area contributed by atoms with Crippen LogP contribution in [0, 0.1) is 0 Å². The van der Waals surface area contributed by atoms with Crippen LogP contribution in [0.1, 0.15) is 46.0 Å². The highest BCUT2D eigenvalue weighted by Crippen LogP contribution is 2.34. The summed E-state index contributed by atoms with van der Waals surface area (Å²) >= 11 is 0. The molecule has 33 heavy (non-hydrogen) atoms. The van der Waals surface area contributed by atoms with Crippen molar-refractivity contribution in [3.8, 4) is 0 Å². The molecule has 0 aromatic carbocycles. The fourth-order valence-electron chi connectivity index (χ4n) is 4.72. The van der Waals surface area contributed by atoms with Crippen LogP contribution in [-0.4, -0.2) is 71.2 Å². The van der Waals surface area contributed by atoms with Crippen molar-refractivity contribution in [3.63, 3.8) is 0 Å². The zero-order chi connectivity index (χ0) is 24.0. The monoisotopic (exact) mass is 452 g/mol. The van der Waals surface area contributed by atoms with E-state index in [9.17, 15) is 9.59 Å². The molecule has 2 fully saturated rings. The van der Waals surface area contributed by atoms with Crippen LogP contribution in [0.5, 0.6) is 0 Å². The maximum absolute atomic E-state index is 13.6. The highest BCUT2D eigenvalue weighted by molar-refractivity contribution is 5.88. The van der Waals surface area contributed by atoms with Crippen LogP contribution in [-0.2, 0) is 9.53 Å². The third kappa shape index (κ3) is 5.29. The number of amides is 3. The molecule has 0 bridgehead atoms. The zero-order valence-electron chi connectivity index (χ0n) is 20.1. The van der Waals surface area contributed by atoms with E-state index >= 15 is 0 Å². The van der Waals surface area contributed by atoms with E-state index in [0.29, 0.717) is 25.9 Å². The van der Waals surface area contributed by atoms with Crippen molar-refractivity contribution in [3.05, 3.63) is 60.7 Å². The lowest BCUT2D eigenvalue weighted by atomic mass is 10.1. The Bertz CT molecular complexity index is 901. The molecule has 3 unspecified atom stereocenters. The summed E-state index contributed by atoms with van der Waals surface area (Å²) in [6.45, 7) is 13.1. The minimum absolute atomic E-state index is 0.0183. The predicted molar refractivity (Wildman–Crippen MR) is 132 cm³/mol. The fraction of sp³-hybridized carbons (Fsp3) is 0.500. The van der Waals surface area contributed by atoms with Gasteiger partial charge in [-0.3, -0.25) is 9.69 Å². The summed E-state index contributed by atoms with van der Waals surface area (Å²) in [5.74, 6) is 0.881. The van der Waals surface area contributed by atoms with Crippen LogP contribution in [0.4, 0.5) is 4.79 Å². The Hall–Kier alpha value is -3.09. The first kappa shape index (κ1) is 24.6. The molecule has 3 aliphatic rings. The maximum atomic E-state index is 13.6. The van der Waals surface area contributed by atoms with Gasteiger partial charge in [0.15, 0.2) is 0 Å². The van der Waals surface area contributed by atoms with E-state index in [1.807, 2.05) is 47.2 Å². The number of aliphatic imine (C=N–C) groups is 1. The van der Waals surface area contributed by atoms with Gasteiger partial charge >= 0.3 is 6.03 Å². The third-order valence-corrected chi connectivity index (χ3v) is 6.51. The van der Waals surface area contributed by atoms with Gasteiger partial charge in [0.2, 0.25) is 5.91 Å². The van der Waals surface area contributed by atoms with E-state index in [2.05, 4.69) is 25.1 Å². The standard InChI is InChI=1S/C26H36N4O3/c1-6-22(7-2)33-23-13-11-20(12-14-23)30-19(4)24(15-16-27-5)29(26(30)32)18-21-10-9-17-28(21)25(31)8-3/h6,8,11-13,16,21,23-24H,3-4,7,9-10,14-15,17-18H2,1-2,5H3/b22-6+,27-16-. The van der Waals surface area contributed by atoms with E-state index in [-0.39, 0.29) is 30.1 Å². The minimum atomic E-state index is -0.194. The second-order valence-electron chi connectivity index (χ2n) is 8.47. The second kappa shape index (κ2) is 11.2. The molecule has 0 saturated carbocycles. The molecule has 1 aliphatic carbocycles. The molecular formula is C26H36N4O3. The van der Waals surface area contributed by atoms with Crippen molar-refractivity contribution >= 4 is 18.2 Å². The number of hydrogen-bond acceptors (Lipinski definition) is 4. The Morgan fingerprint density at radius 1 is 1.39 bits per heavy atom. The van der Waals surface area contributed by atoms with Crippen LogP contribution >= 0.6 is 0 Å². The van der Waals surface area contributed by atoms with Crippen molar-refractivity contribution < 1.29 is 14.3 Å². The first-order valence-corrected chi connectivity index (χ1v) is 11.8. The van der Waals surface area contributed by atoms with Crippen LogP contribution < -0.4 is 0 Å². The van der Waals surface area contributed by atoms with Gasteiger partial charge in [-0.1, -0.05) is 26.2 Å². The molecule has 0 radical (unpaired) electrons. The van der Waals surface area contributed by atoms with E-state index in [1.54, 1.807) is 11.9 Å². The Kier molecular flexibility index (Phi) is 8.31. The van der Waals surface area contributed by atoms with Gasteiger partial charge in [-0.2, -0.15) is 0 Å². The van der Waals surface area contributed by atoms with Gasteiger partial charge in [0.25, 0.3) is 0 Å². The average molecular weight is 453 g/mol. The van der Waals surface area contributed by atoms with Crippen molar-refractivity contribution in [2.45, 2.75) is 64.1 Å². The number of rotatable bonds is 9. The molecule has 0 spiro atoms. The van der Waals surface area contributed by atoms with Crippen LogP contribution in [0.3, 0.4) is 0 Å². The number of nitrogens with zero attached hydrogens (tertiary/aromatic N) is 4. The molecule has 2 aliphatic heterocycles. The Morgan fingerprint density at radius 2 is 2.18 bits per heavy atom. The van der Waals surface area contributed by atoms with Gasteiger partial charge < -0.3 is 19.5 Å². The largest absolute Gasteiger partial charge is 0.491 e. The van der Waals surface area contributed by atoms with Crippen LogP contribution in [0.15, 0.2) is 65.7 Å². The van der Waals surface area contributed by atoms with Crippen LogP contribution in [0.25, 0.3) is 0 Å². The van der Waals surface area contributed by atoms with Crippen molar-refractivity contribution in [1.82, 2.24) is 14.7 Å². The smallest absolute Gasteiger partial charge is 0.329 e. The first-order valence-electron chi connectivity index (χ1n) is 11.8. The minimum Gasteiger partial charge on any atom is -0.491 e. The van der Waals surface area contributed by atoms with Gasteiger partial charge in [-0.25, -0.2) is 4.79 Å². The normalized spacial score (nSPS) is 25.9. The average Bonchev–Trinajstić information content (AvgIpc) is 3.39. The fourth-order valence-corrected chi connectivity index (χ4v) is 4.72. The molecule has 3 amide bonds. The third-order valence-electron chi connectivity index (χ3n) is 6.51. The molecule has 178 valence electrons. The van der Waals surface area contributed by atoms with Gasteiger partial charge in [0.05, 0.1) is 11.8 Å². The second-order valence-corrected chi connectivity index (χ2v) is 8.47. The summed E-state index contributed by atoms with van der Waals surface area (Å²) in [5, 5.41) is 0. The molecule has 0 N–H and O–H groups in total. The van der Waals surface area contributed by atoms with E-state index in [1.165, 1.54) is 6.08 Å². The molecular weight excluding hydrogens is 416 g/mol. The SMILES string of the molecule is C=CC(=O)N1CCCC1CN1C(=O)N(C2=CCC(O/C(=C/C)CC)C=C2)C(=C)C1C/C=N\C. The Morgan fingerprint density at radius 3 is 2.79 bits per heavy atom. The van der Waals surface area contributed by atoms with Crippen molar-refractivity contribution in [2.75, 3.05) is 20.1 Å². The lowest BCUT2D eigenvalue weighted by Crippen LogP contribution is -2.46. The Balaban J connectivity index is 1.77. The summed E-state index contributed by atoms with van der Waals surface area (Å²) in [5.41, 5.74) is 1.55. The molecule has 3 rings (SSSR count). The molecule has 0 aromatic heterocycles. The van der Waals surface area contributed by atoms with E-state index in [4.69, 9.17) is 4.74 Å². The van der Waals surface area contributed by atoms with Gasteiger partial charge in [0.1, 0.15) is 6.10 Å². The zero-order valence-corrected chi connectivity index (χ0v) is 20.1. The topological polar surface area (TPSA) is 65.5 Å². The van der Waals surface area contributed by atoms with Gasteiger partial charge in [-0.05, 0) is 44.1 Å². The quantitative estimate of drug-likeness (QED) is 0.296. The molecule has 2 saturated heterocycles. The van der Waals surface area contributed by atoms with E-state index in [0.717, 1.165) is 36.4 Å². The predicted octanol–water partition coefficient (Wildman–Crippen LogP) is 4.42. The number of allylic oxidation sites excluding steroid dienone is 3. The number of ether oxygens (including phenoxy) is 1. The Labute approximate surface area is 197 Å². The molecule has 2 heterocycles. The maximum Gasteiger partial charge on any atom is 0.329 e. The van der Waals surface area contributed by atoms with Gasteiger partial charge in [-0.15, -0.1) is 0 Å². The molecule has 3 atom stereocenters. The summed E-state index contributed by atoms with van der Waals surface area (Å²) in [7, 11) is 1.73. The number of likely N-dealkylation sites (tertiary alicyclic amines) is 1. The van der Waals surface area contributed by atoms with Gasteiger partial charge in [0, 0.05) is 63.1 Å². The lowest BCUT2D eigenvalue weighted by molar-refractivity contribution is -0.127. The molecule has 7 nitrogen and oxygen atoms in total. The van der Waals surface area contributed by atoms with Crippen molar-refractivity contribution in [2.24, 2.45) is 4.99 Å². The first-order chi connectivity index (χ1) is 15.9. The van der Waals surface area contributed by atoms with Crippen molar-refractivity contribution in [1.29, 1.82) is 0 Å². The van der Waals surface area contributed by atoms with Crippen LogP contribution in [0.2, 0.25) is 0 Å².